The summed E-state index contributed by atoms with van der Waals surface area (Å²) in [5.74, 6) is -2.51. The zero-order chi connectivity index (χ0) is 14.5. The second kappa shape index (κ2) is 10.9. The van der Waals surface area contributed by atoms with E-state index >= 15 is 0 Å². The quantitative estimate of drug-likeness (QED) is 0.523. The van der Waals surface area contributed by atoms with Crippen LogP contribution in [0, 0.1) is 0 Å². The van der Waals surface area contributed by atoms with E-state index in [1.807, 2.05) is 18.3 Å². The first-order chi connectivity index (χ1) is 9.06. The Hall–Kier alpha value is -2.21. The van der Waals surface area contributed by atoms with E-state index in [-0.39, 0.29) is 0 Å². The van der Waals surface area contributed by atoms with Crippen molar-refractivity contribution >= 4 is 11.9 Å². The van der Waals surface area contributed by atoms with E-state index < -0.39 is 11.9 Å². The smallest absolute Gasteiger partial charge is 0.328 e. The maximum Gasteiger partial charge on any atom is 0.328 e. The summed E-state index contributed by atoms with van der Waals surface area (Å²) in [4.78, 5) is 23.3. The molecule has 1 aromatic heterocycles. The third-order valence-electron chi connectivity index (χ3n) is 1.90. The second-order valence-electron chi connectivity index (χ2n) is 3.43. The number of nitrogens with zero attached hydrogens (tertiary/aromatic N) is 1. The van der Waals surface area contributed by atoms with E-state index in [9.17, 15) is 9.59 Å². The fourth-order valence-corrected chi connectivity index (χ4v) is 1.08. The van der Waals surface area contributed by atoms with Crippen LogP contribution in [-0.2, 0) is 16.0 Å². The second-order valence-corrected chi connectivity index (χ2v) is 3.43. The van der Waals surface area contributed by atoms with Crippen LogP contribution in [0.25, 0.3) is 0 Å². The van der Waals surface area contributed by atoms with Crippen LogP contribution >= 0.6 is 0 Å². The van der Waals surface area contributed by atoms with Gasteiger partial charge < -0.3 is 15.5 Å². The summed E-state index contributed by atoms with van der Waals surface area (Å²) in [6, 6.07) is 6.02. The lowest BCUT2D eigenvalue weighted by molar-refractivity contribution is -0.134. The molecule has 1 heterocycles. The number of carbonyl (C=O) groups is 2. The van der Waals surface area contributed by atoms with Crippen molar-refractivity contribution in [1.82, 2.24) is 10.3 Å². The van der Waals surface area contributed by atoms with Crippen molar-refractivity contribution in [3.8, 4) is 0 Å². The molecule has 0 aliphatic rings. The molecule has 0 saturated heterocycles. The lowest BCUT2D eigenvalue weighted by atomic mass is 10.3. The number of carboxylic acids is 2. The van der Waals surface area contributed by atoms with Crippen LogP contribution in [0.3, 0.4) is 0 Å². The predicted molar refractivity (Wildman–Crippen MR) is 70.9 cm³/mol. The number of carboxylic acid groups (broad SMARTS) is 2. The zero-order valence-corrected chi connectivity index (χ0v) is 10.7. The van der Waals surface area contributed by atoms with Gasteiger partial charge in [-0.25, -0.2) is 9.59 Å². The number of pyridine rings is 1. The topological polar surface area (TPSA) is 99.5 Å². The summed E-state index contributed by atoms with van der Waals surface area (Å²) in [6.07, 6.45) is 3.97. The Kier molecular flexibility index (Phi) is 9.64. The van der Waals surface area contributed by atoms with Crippen molar-refractivity contribution < 1.29 is 19.8 Å². The average Bonchev–Trinajstić information content (AvgIpc) is 2.39. The van der Waals surface area contributed by atoms with Crippen molar-refractivity contribution in [2.45, 2.75) is 13.3 Å². The van der Waals surface area contributed by atoms with Crippen molar-refractivity contribution in [3.63, 3.8) is 0 Å². The van der Waals surface area contributed by atoms with Crippen LogP contribution in [0.1, 0.15) is 12.6 Å². The van der Waals surface area contributed by atoms with Gasteiger partial charge >= 0.3 is 11.9 Å². The predicted octanol–water partition coefficient (Wildman–Crippen LogP) is 0.945. The van der Waals surface area contributed by atoms with Crippen molar-refractivity contribution in [2.24, 2.45) is 0 Å². The third kappa shape index (κ3) is 12.0. The van der Waals surface area contributed by atoms with Gasteiger partial charge in [-0.2, -0.15) is 0 Å². The SMILES string of the molecule is CCNCCc1ccccn1.O=C(O)/C=C/C(=O)O. The van der Waals surface area contributed by atoms with Crippen LogP contribution in [0.15, 0.2) is 36.5 Å². The first-order valence-corrected chi connectivity index (χ1v) is 5.80. The first-order valence-electron chi connectivity index (χ1n) is 5.80. The molecule has 0 unspecified atom stereocenters. The number of aliphatic carboxylic acids is 2. The number of nitrogens with one attached hydrogen (secondary N) is 1. The van der Waals surface area contributed by atoms with Crippen LogP contribution in [0.5, 0.6) is 0 Å². The molecule has 6 heteroatoms. The molecule has 104 valence electrons. The summed E-state index contributed by atoms with van der Waals surface area (Å²) in [7, 11) is 0. The zero-order valence-electron chi connectivity index (χ0n) is 10.7. The molecule has 6 nitrogen and oxygen atoms in total. The minimum atomic E-state index is -1.26. The highest BCUT2D eigenvalue weighted by Gasteiger charge is 1.90. The molecule has 0 bridgehead atoms. The van der Waals surface area contributed by atoms with Crippen molar-refractivity contribution in [1.29, 1.82) is 0 Å². The highest BCUT2D eigenvalue weighted by Crippen LogP contribution is 1.92. The van der Waals surface area contributed by atoms with Gasteiger partial charge in [0.15, 0.2) is 0 Å². The molecule has 0 aromatic carbocycles. The molecule has 19 heavy (non-hydrogen) atoms. The Balaban J connectivity index is 0.000000362. The lowest BCUT2D eigenvalue weighted by Crippen LogP contribution is -2.16. The van der Waals surface area contributed by atoms with E-state index in [1.165, 1.54) is 0 Å². The standard InChI is InChI=1S/C9H14N2.C4H4O4/c1-2-10-8-6-9-5-3-4-7-11-9;5-3(6)1-2-4(7)8/h3-5,7,10H,2,6,8H2,1H3;1-2H,(H,5,6)(H,7,8)/b;2-1+. The summed E-state index contributed by atoms with van der Waals surface area (Å²) in [5.41, 5.74) is 1.16. The van der Waals surface area contributed by atoms with Gasteiger partial charge in [-0.3, -0.25) is 4.98 Å². The minimum absolute atomic E-state index is 0.558. The molecule has 3 N–H and O–H groups in total. The van der Waals surface area contributed by atoms with Gasteiger partial charge in [-0.15, -0.1) is 0 Å². The molecule has 1 aromatic rings. The number of aromatic nitrogens is 1. The van der Waals surface area contributed by atoms with Gasteiger partial charge in [0.05, 0.1) is 0 Å². The van der Waals surface area contributed by atoms with E-state index in [0.717, 1.165) is 25.2 Å². The minimum Gasteiger partial charge on any atom is -0.478 e. The Labute approximate surface area is 111 Å². The van der Waals surface area contributed by atoms with Gasteiger partial charge in [0.2, 0.25) is 0 Å². The molecule has 0 atom stereocenters. The van der Waals surface area contributed by atoms with Crippen LogP contribution in [0.4, 0.5) is 0 Å². The highest BCUT2D eigenvalue weighted by atomic mass is 16.4. The third-order valence-corrected chi connectivity index (χ3v) is 1.90. The van der Waals surface area contributed by atoms with Gasteiger partial charge in [0.1, 0.15) is 0 Å². The summed E-state index contributed by atoms with van der Waals surface area (Å²) >= 11 is 0. The number of hydrogen-bond acceptors (Lipinski definition) is 4. The number of likely N-dealkylation sites (N-methyl/N-ethyl adjacent to an activating group) is 1. The summed E-state index contributed by atoms with van der Waals surface area (Å²) in [6.45, 7) is 4.17. The van der Waals surface area contributed by atoms with E-state index in [4.69, 9.17) is 10.2 Å². The average molecular weight is 266 g/mol. The number of hydrogen-bond donors (Lipinski definition) is 3. The van der Waals surface area contributed by atoms with Gasteiger partial charge in [-0.1, -0.05) is 13.0 Å². The molecule has 0 aliphatic heterocycles. The molecule has 0 spiro atoms. The van der Waals surface area contributed by atoms with E-state index in [2.05, 4.69) is 23.3 Å². The van der Waals surface area contributed by atoms with E-state index in [0.29, 0.717) is 12.2 Å². The first kappa shape index (κ1) is 16.8. The Morgan fingerprint density at radius 2 is 1.89 bits per heavy atom. The van der Waals surface area contributed by atoms with Crippen molar-refractivity contribution in [2.75, 3.05) is 13.1 Å². The van der Waals surface area contributed by atoms with Crippen molar-refractivity contribution in [3.05, 3.63) is 42.2 Å². The van der Waals surface area contributed by atoms with Crippen LogP contribution in [-0.4, -0.2) is 40.2 Å². The molecule has 0 aliphatic carbocycles. The van der Waals surface area contributed by atoms with Crippen LogP contribution < -0.4 is 5.32 Å². The molecule has 0 fully saturated rings. The highest BCUT2D eigenvalue weighted by molar-refractivity contribution is 5.89. The maximum absolute atomic E-state index is 9.55. The lowest BCUT2D eigenvalue weighted by Gasteiger charge is -1.99. The molecule has 0 radical (unpaired) electrons. The Bertz CT molecular complexity index is 388. The fraction of sp³-hybridized carbons (Fsp3) is 0.308. The van der Waals surface area contributed by atoms with Crippen LogP contribution in [0.2, 0.25) is 0 Å². The van der Waals surface area contributed by atoms with Gasteiger partial charge in [0.25, 0.3) is 0 Å². The largest absolute Gasteiger partial charge is 0.478 e. The molecular formula is C13H18N2O4. The normalized spacial score (nSPS) is 9.74. The Morgan fingerprint density at radius 3 is 2.32 bits per heavy atom. The summed E-state index contributed by atoms with van der Waals surface area (Å²) in [5, 5.41) is 18.9. The summed E-state index contributed by atoms with van der Waals surface area (Å²) < 4.78 is 0. The number of rotatable bonds is 6. The molecular weight excluding hydrogens is 248 g/mol. The molecule has 0 saturated carbocycles. The Morgan fingerprint density at radius 1 is 1.26 bits per heavy atom. The van der Waals surface area contributed by atoms with Gasteiger partial charge in [0, 0.05) is 37.0 Å². The molecule has 1 rings (SSSR count). The monoisotopic (exact) mass is 266 g/mol. The molecule has 0 amide bonds. The maximum atomic E-state index is 9.55. The van der Waals surface area contributed by atoms with E-state index in [1.54, 1.807) is 0 Å². The fourth-order valence-electron chi connectivity index (χ4n) is 1.08. The van der Waals surface area contributed by atoms with Gasteiger partial charge in [-0.05, 0) is 18.7 Å².